The largest absolute Gasteiger partial charge is 0.478 e. The van der Waals surface area contributed by atoms with E-state index in [1.165, 1.54) is 18.2 Å². The SMILES string of the molecule is CC#CCCNS(=O)(=O)Cc1cccc(C(=O)O)c1. The molecule has 0 spiro atoms. The summed E-state index contributed by atoms with van der Waals surface area (Å²) >= 11 is 0. The summed E-state index contributed by atoms with van der Waals surface area (Å²) in [5.74, 6) is 4.11. The Labute approximate surface area is 112 Å². The first-order valence-corrected chi connectivity index (χ1v) is 7.29. The van der Waals surface area contributed by atoms with Crippen LogP contribution in [0.4, 0.5) is 0 Å². The Kier molecular flexibility index (Phi) is 5.55. The molecule has 5 nitrogen and oxygen atoms in total. The van der Waals surface area contributed by atoms with Gasteiger partial charge in [0.25, 0.3) is 0 Å². The van der Waals surface area contributed by atoms with Crippen LogP contribution in [-0.4, -0.2) is 26.0 Å². The van der Waals surface area contributed by atoms with Gasteiger partial charge in [-0.25, -0.2) is 17.9 Å². The van der Waals surface area contributed by atoms with E-state index in [9.17, 15) is 13.2 Å². The number of aromatic carboxylic acids is 1. The van der Waals surface area contributed by atoms with Crippen molar-refractivity contribution < 1.29 is 18.3 Å². The average molecular weight is 281 g/mol. The van der Waals surface area contributed by atoms with Gasteiger partial charge in [0.2, 0.25) is 10.0 Å². The van der Waals surface area contributed by atoms with Crippen molar-refractivity contribution in [1.82, 2.24) is 4.72 Å². The van der Waals surface area contributed by atoms with E-state index in [4.69, 9.17) is 5.11 Å². The third kappa shape index (κ3) is 5.55. The molecule has 0 aliphatic carbocycles. The first kappa shape index (κ1) is 15.2. The Balaban J connectivity index is 2.69. The van der Waals surface area contributed by atoms with Crippen molar-refractivity contribution in [2.75, 3.05) is 6.54 Å². The molecule has 6 heteroatoms. The number of hydrogen-bond acceptors (Lipinski definition) is 3. The second-order valence-electron chi connectivity index (χ2n) is 3.84. The van der Waals surface area contributed by atoms with Gasteiger partial charge in [-0.05, 0) is 24.6 Å². The fourth-order valence-electron chi connectivity index (χ4n) is 1.46. The van der Waals surface area contributed by atoms with Crippen LogP contribution in [-0.2, 0) is 15.8 Å². The molecule has 0 unspecified atom stereocenters. The monoisotopic (exact) mass is 281 g/mol. The molecule has 0 saturated carbocycles. The first-order chi connectivity index (χ1) is 8.94. The summed E-state index contributed by atoms with van der Waals surface area (Å²) in [6.45, 7) is 1.94. The number of benzene rings is 1. The van der Waals surface area contributed by atoms with Gasteiger partial charge in [0.1, 0.15) is 0 Å². The van der Waals surface area contributed by atoms with E-state index in [0.29, 0.717) is 12.0 Å². The maximum absolute atomic E-state index is 11.7. The van der Waals surface area contributed by atoms with Crippen LogP contribution in [0.25, 0.3) is 0 Å². The van der Waals surface area contributed by atoms with Gasteiger partial charge in [-0.1, -0.05) is 12.1 Å². The second kappa shape index (κ2) is 6.92. The second-order valence-corrected chi connectivity index (χ2v) is 5.64. The predicted molar refractivity (Wildman–Crippen MR) is 72.1 cm³/mol. The zero-order valence-electron chi connectivity index (χ0n) is 10.5. The van der Waals surface area contributed by atoms with Gasteiger partial charge in [0.15, 0.2) is 0 Å². The summed E-state index contributed by atoms with van der Waals surface area (Å²) in [6, 6.07) is 5.88. The number of nitrogens with one attached hydrogen (secondary N) is 1. The summed E-state index contributed by atoms with van der Waals surface area (Å²) in [5.41, 5.74) is 0.513. The summed E-state index contributed by atoms with van der Waals surface area (Å²) in [5, 5.41) is 8.83. The molecule has 2 N–H and O–H groups in total. The highest BCUT2D eigenvalue weighted by Crippen LogP contribution is 2.08. The molecule has 0 heterocycles. The van der Waals surface area contributed by atoms with Crippen LogP contribution in [0.3, 0.4) is 0 Å². The van der Waals surface area contributed by atoms with E-state index in [0.717, 1.165) is 0 Å². The molecule has 0 amide bonds. The molecule has 0 aromatic heterocycles. The normalized spacial score (nSPS) is 10.6. The molecule has 1 aromatic rings. The van der Waals surface area contributed by atoms with Crippen LogP contribution in [0.5, 0.6) is 0 Å². The molecule has 0 saturated heterocycles. The van der Waals surface area contributed by atoms with Crippen molar-refractivity contribution in [2.45, 2.75) is 19.1 Å². The molecular formula is C13H15NO4S. The first-order valence-electron chi connectivity index (χ1n) is 5.64. The Bertz CT molecular complexity index is 611. The van der Waals surface area contributed by atoms with Crippen LogP contribution in [0.15, 0.2) is 24.3 Å². The van der Waals surface area contributed by atoms with Gasteiger partial charge in [0, 0.05) is 13.0 Å². The Hall–Kier alpha value is -1.84. The number of carboxylic acid groups (broad SMARTS) is 1. The van der Waals surface area contributed by atoms with Gasteiger partial charge < -0.3 is 5.11 Å². The minimum atomic E-state index is -3.47. The van der Waals surface area contributed by atoms with Crippen LogP contribution >= 0.6 is 0 Å². The van der Waals surface area contributed by atoms with Crippen molar-refractivity contribution in [3.63, 3.8) is 0 Å². The van der Waals surface area contributed by atoms with Gasteiger partial charge in [-0.2, -0.15) is 0 Å². The standard InChI is InChI=1S/C13H15NO4S/c1-2-3-4-8-14-19(17,18)10-11-6-5-7-12(9-11)13(15)16/h5-7,9,14H,4,8,10H2,1H3,(H,15,16). The van der Waals surface area contributed by atoms with E-state index >= 15 is 0 Å². The van der Waals surface area contributed by atoms with E-state index < -0.39 is 16.0 Å². The van der Waals surface area contributed by atoms with Crippen molar-refractivity contribution in [1.29, 1.82) is 0 Å². The number of rotatable bonds is 6. The molecule has 0 radical (unpaired) electrons. The lowest BCUT2D eigenvalue weighted by molar-refractivity contribution is 0.0696. The quantitative estimate of drug-likeness (QED) is 0.606. The minimum absolute atomic E-state index is 0.0737. The zero-order chi connectivity index (χ0) is 14.3. The summed E-state index contributed by atoms with van der Waals surface area (Å²) in [4.78, 5) is 10.8. The number of carboxylic acids is 1. The molecule has 0 aliphatic heterocycles. The molecule has 0 bridgehead atoms. The fourth-order valence-corrected chi connectivity index (χ4v) is 2.59. The van der Waals surface area contributed by atoms with Gasteiger partial charge >= 0.3 is 5.97 Å². The molecule has 1 aromatic carbocycles. The Morgan fingerprint density at radius 2 is 2.16 bits per heavy atom. The number of carbonyl (C=O) groups is 1. The molecular weight excluding hydrogens is 266 g/mol. The maximum Gasteiger partial charge on any atom is 0.335 e. The Morgan fingerprint density at radius 1 is 1.42 bits per heavy atom. The highest BCUT2D eigenvalue weighted by Gasteiger charge is 2.12. The smallest absolute Gasteiger partial charge is 0.335 e. The van der Waals surface area contributed by atoms with Crippen LogP contribution in [0, 0.1) is 11.8 Å². The van der Waals surface area contributed by atoms with Crippen molar-refractivity contribution in [2.24, 2.45) is 0 Å². The van der Waals surface area contributed by atoms with Crippen molar-refractivity contribution >= 4 is 16.0 Å². The van der Waals surface area contributed by atoms with Gasteiger partial charge in [-0.3, -0.25) is 0 Å². The van der Waals surface area contributed by atoms with E-state index in [-0.39, 0.29) is 17.9 Å². The molecule has 102 valence electrons. The zero-order valence-corrected chi connectivity index (χ0v) is 11.3. The number of hydrogen-bond donors (Lipinski definition) is 2. The van der Waals surface area contributed by atoms with E-state index in [2.05, 4.69) is 16.6 Å². The highest BCUT2D eigenvalue weighted by molar-refractivity contribution is 7.88. The van der Waals surface area contributed by atoms with Crippen LogP contribution in [0.2, 0.25) is 0 Å². The highest BCUT2D eigenvalue weighted by atomic mass is 32.2. The third-order valence-corrected chi connectivity index (χ3v) is 3.64. The molecule has 0 fully saturated rings. The average Bonchev–Trinajstić information content (AvgIpc) is 2.34. The molecule has 1 rings (SSSR count). The molecule has 0 atom stereocenters. The van der Waals surface area contributed by atoms with Crippen molar-refractivity contribution in [3.8, 4) is 11.8 Å². The lowest BCUT2D eigenvalue weighted by Crippen LogP contribution is -2.26. The van der Waals surface area contributed by atoms with Crippen molar-refractivity contribution in [3.05, 3.63) is 35.4 Å². The lowest BCUT2D eigenvalue weighted by atomic mass is 10.1. The van der Waals surface area contributed by atoms with Gasteiger partial charge in [-0.15, -0.1) is 11.8 Å². The number of sulfonamides is 1. The van der Waals surface area contributed by atoms with E-state index in [1.807, 2.05) is 0 Å². The minimum Gasteiger partial charge on any atom is -0.478 e. The van der Waals surface area contributed by atoms with Crippen LogP contribution in [0.1, 0.15) is 29.3 Å². The van der Waals surface area contributed by atoms with Crippen LogP contribution < -0.4 is 4.72 Å². The molecule has 19 heavy (non-hydrogen) atoms. The summed E-state index contributed by atoms with van der Waals surface area (Å²) < 4.78 is 25.9. The molecule has 0 aliphatic rings. The Morgan fingerprint density at radius 3 is 2.79 bits per heavy atom. The third-order valence-electron chi connectivity index (χ3n) is 2.28. The topological polar surface area (TPSA) is 83.5 Å². The summed E-state index contributed by atoms with van der Waals surface area (Å²) in [6.07, 6.45) is 0.449. The fraction of sp³-hybridized carbons (Fsp3) is 0.308. The lowest BCUT2D eigenvalue weighted by Gasteiger charge is -2.06. The maximum atomic E-state index is 11.7. The van der Waals surface area contributed by atoms with Gasteiger partial charge in [0.05, 0.1) is 11.3 Å². The van der Waals surface area contributed by atoms with E-state index in [1.54, 1.807) is 13.0 Å². The predicted octanol–water partition coefficient (Wildman–Crippen LogP) is 1.22. The summed E-state index contributed by atoms with van der Waals surface area (Å²) in [7, 11) is -3.47.